The van der Waals surface area contributed by atoms with Crippen molar-refractivity contribution >= 4 is 16.6 Å². The Bertz CT molecular complexity index is 506. The molecule has 0 aliphatic heterocycles. The molecule has 2 aromatic rings. The molecule has 0 bridgehead atoms. The number of nitrogens with two attached hydrogens (primary N) is 1. The highest BCUT2D eigenvalue weighted by molar-refractivity contribution is 5.82. The Hall–Kier alpha value is -2.02. The molecule has 0 spiro atoms. The van der Waals surface area contributed by atoms with E-state index in [1.165, 1.54) is 0 Å². The Morgan fingerprint density at radius 3 is 3.07 bits per heavy atom. The van der Waals surface area contributed by atoms with Gasteiger partial charge in [0.15, 0.2) is 0 Å². The molecule has 1 heterocycles. The lowest BCUT2D eigenvalue weighted by molar-refractivity contribution is 0.612. The lowest BCUT2D eigenvalue weighted by atomic mass is 10.2. The average Bonchev–Trinajstić information content (AvgIpc) is 2.59. The summed E-state index contributed by atoms with van der Waals surface area (Å²) in [5.41, 5.74) is 7.26. The number of nitrogen functional groups attached to an aromatic ring is 1. The van der Waals surface area contributed by atoms with Crippen LogP contribution in [0.2, 0.25) is 0 Å². The molecule has 4 nitrogen and oxygen atoms in total. The predicted molar refractivity (Wildman–Crippen MR) is 54.5 cm³/mol. The van der Waals surface area contributed by atoms with E-state index in [0.717, 1.165) is 10.9 Å². The minimum atomic E-state index is -0.269. The van der Waals surface area contributed by atoms with Crippen molar-refractivity contribution in [2.75, 3.05) is 5.73 Å². The van der Waals surface area contributed by atoms with Gasteiger partial charge in [0.2, 0.25) is 0 Å². The van der Waals surface area contributed by atoms with Crippen molar-refractivity contribution in [3.63, 3.8) is 0 Å². The Balaban J connectivity index is 2.68. The monoisotopic (exact) mass is 186 g/mol. The zero-order valence-electron chi connectivity index (χ0n) is 7.81. The maximum absolute atomic E-state index is 8.79. The molecule has 1 aromatic heterocycles. The van der Waals surface area contributed by atoms with Crippen LogP contribution in [-0.2, 0) is 0 Å². The minimum absolute atomic E-state index is 0.269. The first-order chi connectivity index (χ1) is 6.72. The van der Waals surface area contributed by atoms with Crippen LogP contribution in [0, 0.1) is 11.3 Å². The van der Waals surface area contributed by atoms with Crippen LogP contribution in [-0.4, -0.2) is 9.78 Å². The van der Waals surface area contributed by atoms with E-state index in [0.29, 0.717) is 5.69 Å². The van der Waals surface area contributed by atoms with Gasteiger partial charge in [-0.05, 0) is 25.1 Å². The first-order valence-corrected chi connectivity index (χ1v) is 4.35. The normalized spacial score (nSPS) is 12.6. The third-order valence-electron chi connectivity index (χ3n) is 2.18. The summed E-state index contributed by atoms with van der Waals surface area (Å²) in [7, 11) is 0. The quantitative estimate of drug-likeness (QED) is 0.689. The van der Waals surface area contributed by atoms with Gasteiger partial charge in [0.05, 0.1) is 17.8 Å². The van der Waals surface area contributed by atoms with E-state index in [-0.39, 0.29) is 6.04 Å². The van der Waals surface area contributed by atoms with Crippen LogP contribution >= 0.6 is 0 Å². The van der Waals surface area contributed by atoms with Crippen LogP contribution < -0.4 is 5.73 Å². The zero-order valence-corrected chi connectivity index (χ0v) is 7.81. The number of benzene rings is 1. The van der Waals surface area contributed by atoms with Gasteiger partial charge in [-0.1, -0.05) is 0 Å². The molecule has 2 N–H and O–H groups in total. The number of hydrogen-bond donors (Lipinski definition) is 1. The van der Waals surface area contributed by atoms with Crippen molar-refractivity contribution in [3.05, 3.63) is 24.4 Å². The highest BCUT2D eigenvalue weighted by Gasteiger charge is 2.08. The molecule has 0 saturated carbocycles. The van der Waals surface area contributed by atoms with Gasteiger partial charge in [0.1, 0.15) is 6.04 Å². The highest BCUT2D eigenvalue weighted by atomic mass is 15.3. The molecule has 0 saturated heterocycles. The van der Waals surface area contributed by atoms with Gasteiger partial charge in [0, 0.05) is 11.1 Å². The van der Waals surface area contributed by atoms with Gasteiger partial charge in [-0.25, -0.2) is 4.68 Å². The van der Waals surface area contributed by atoms with Gasteiger partial charge in [0.25, 0.3) is 0 Å². The minimum Gasteiger partial charge on any atom is -0.399 e. The van der Waals surface area contributed by atoms with E-state index < -0.39 is 0 Å². The Morgan fingerprint density at radius 1 is 1.57 bits per heavy atom. The number of fused-ring (bicyclic) bond motifs is 1. The maximum atomic E-state index is 8.79. The lowest BCUT2D eigenvalue weighted by Gasteiger charge is -2.04. The predicted octanol–water partition coefficient (Wildman–Crippen LogP) is 1.70. The van der Waals surface area contributed by atoms with Gasteiger partial charge in [-0.3, -0.25) is 0 Å². The van der Waals surface area contributed by atoms with E-state index in [4.69, 9.17) is 11.0 Å². The first kappa shape index (κ1) is 8.57. The Morgan fingerprint density at radius 2 is 2.36 bits per heavy atom. The second kappa shape index (κ2) is 3.04. The molecule has 14 heavy (non-hydrogen) atoms. The largest absolute Gasteiger partial charge is 0.399 e. The van der Waals surface area contributed by atoms with E-state index in [1.54, 1.807) is 17.8 Å². The van der Waals surface area contributed by atoms with Crippen LogP contribution in [0.15, 0.2) is 24.4 Å². The molecule has 1 aromatic carbocycles. The van der Waals surface area contributed by atoms with Crippen LogP contribution in [0.1, 0.15) is 13.0 Å². The summed E-state index contributed by atoms with van der Waals surface area (Å²) < 4.78 is 1.67. The number of hydrogen-bond acceptors (Lipinski definition) is 3. The molecule has 0 aliphatic rings. The SMILES string of the molecule is CC(C#N)n1ncc2ccc(N)cc21. The zero-order chi connectivity index (χ0) is 10.1. The fraction of sp³-hybridized carbons (Fsp3) is 0.200. The summed E-state index contributed by atoms with van der Waals surface area (Å²) in [6, 6.07) is 7.42. The summed E-state index contributed by atoms with van der Waals surface area (Å²) in [6.07, 6.45) is 1.74. The molecule has 70 valence electrons. The average molecular weight is 186 g/mol. The van der Waals surface area contributed by atoms with E-state index in [2.05, 4.69) is 11.2 Å². The lowest BCUT2D eigenvalue weighted by Crippen LogP contribution is -2.03. The summed E-state index contributed by atoms with van der Waals surface area (Å²) in [4.78, 5) is 0. The van der Waals surface area contributed by atoms with Crippen molar-refractivity contribution in [2.24, 2.45) is 0 Å². The molecular formula is C10H10N4. The summed E-state index contributed by atoms with van der Waals surface area (Å²) in [5, 5.41) is 13.9. The highest BCUT2D eigenvalue weighted by Crippen LogP contribution is 2.19. The van der Waals surface area contributed by atoms with Gasteiger partial charge < -0.3 is 5.73 Å². The van der Waals surface area contributed by atoms with Crippen molar-refractivity contribution in [3.8, 4) is 6.07 Å². The van der Waals surface area contributed by atoms with Gasteiger partial charge >= 0.3 is 0 Å². The van der Waals surface area contributed by atoms with Crippen molar-refractivity contribution in [1.29, 1.82) is 5.26 Å². The summed E-state index contributed by atoms with van der Waals surface area (Å²) >= 11 is 0. The summed E-state index contributed by atoms with van der Waals surface area (Å²) in [6.45, 7) is 1.80. The first-order valence-electron chi connectivity index (χ1n) is 4.35. The number of anilines is 1. The fourth-order valence-electron chi connectivity index (χ4n) is 1.42. The molecule has 2 rings (SSSR count). The Kier molecular flexibility index (Phi) is 1.86. The molecule has 0 radical (unpaired) electrons. The van der Waals surface area contributed by atoms with E-state index >= 15 is 0 Å². The number of aromatic nitrogens is 2. The van der Waals surface area contributed by atoms with Gasteiger partial charge in [-0.15, -0.1) is 0 Å². The Labute approximate surface area is 81.5 Å². The van der Waals surface area contributed by atoms with Gasteiger partial charge in [-0.2, -0.15) is 10.4 Å². The molecule has 0 aliphatic carbocycles. The van der Waals surface area contributed by atoms with Crippen LogP contribution in [0.4, 0.5) is 5.69 Å². The summed E-state index contributed by atoms with van der Waals surface area (Å²) in [5.74, 6) is 0. The molecule has 4 heteroatoms. The van der Waals surface area contributed by atoms with Crippen LogP contribution in [0.25, 0.3) is 10.9 Å². The smallest absolute Gasteiger partial charge is 0.136 e. The third-order valence-corrected chi connectivity index (χ3v) is 2.18. The molecule has 1 unspecified atom stereocenters. The van der Waals surface area contributed by atoms with Crippen molar-refractivity contribution < 1.29 is 0 Å². The number of rotatable bonds is 1. The van der Waals surface area contributed by atoms with Crippen molar-refractivity contribution in [2.45, 2.75) is 13.0 Å². The number of nitriles is 1. The molecule has 1 atom stereocenters. The van der Waals surface area contributed by atoms with Crippen LogP contribution in [0.3, 0.4) is 0 Å². The second-order valence-electron chi connectivity index (χ2n) is 3.21. The molecular weight excluding hydrogens is 176 g/mol. The topological polar surface area (TPSA) is 67.6 Å². The van der Waals surface area contributed by atoms with E-state index in [9.17, 15) is 0 Å². The van der Waals surface area contributed by atoms with E-state index in [1.807, 2.05) is 18.2 Å². The van der Waals surface area contributed by atoms with Crippen molar-refractivity contribution in [1.82, 2.24) is 9.78 Å². The molecule has 0 fully saturated rings. The van der Waals surface area contributed by atoms with Crippen LogP contribution in [0.5, 0.6) is 0 Å². The fourth-order valence-corrected chi connectivity index (χ4v) is 1.42. The number of nitrogens with zero attached hydrogens (tertiary/aromatic N) is 3. The second-order valence-corrected chi connectivity index (χ2v) is 3.21. The molecule has 0 amide bonds. The third kappa shape index (κ3) is 1.19. The standard InChI is InChI=1S/C10H10N4/c1-7(5-11)14-10-4-9(12)3-2-8(10)6-13-14/h2-4,6-7H,12H2,1H3. The maximum Gasteiger partial charge on any atom is 0.136 e.